The van der Waals surface area contributed by atoms with Gasteiger partial charge in [0, 0.05) is 5.56 Å². The molecule has 0 radical (unpaired) electrons. The number of rotatable bonds is 5. The Hall–Kier alpha value is -2.69. The van der Waals surface area contributed by atoms with Gasteiger partial charge in [-0.05, 0) is 23.8 Å². The van der Waals surface area contributed by atoms with Crippen LogP contribution in [-0.4, -0.2) is 17.0 Å². The molecule has 2 rings (SSSR count). The van der Waals surface area contributed by atoms with Crippen molar-refractivity contribution in [2.24, 2.45) is 0 Å². The van der Waals surface area contributed by atoms with Gasteiger partial charge in [-0.3, -0.25) is 9.59 Å². The van der Waals surface area contributed by atoms with Crippen LogP contribution in [-0.2, 0) is 4.79 Å². The molecule has 2 aromatic rings. The second-order valence-electron chi connectivity index (χ2n) is 4.54. The predicted octanol–water partition coefficient (Wildman–Crippen LogP) is 2.77. The number of nitrogens with one attached hydrogen (secondary N) is 1. The van der Waals surface area contributed by atoms with Crippen molar-refractivity contribution >= 4 is 11.9 Å². The maximum Gasteiger partial charge on any atom is 0.305 e. The molecule has 0 aliphatic rings. The number of amides is 1. The van der Waals surface area contributed by atoms with E-state index < -0.39 is 23.7 Å². The van der Waals surface area contributed by atoms with Crippen molar-refractivity contribution in [1.29, 1.82) is 0 Å². The summed E-state index contributed by atoms with van der Waals surface area (Å²) in [4.78, 5) is 23.0. The molecule has 0 unspecified atom stereocenters. The molecule has 1 amide bonds. The third-order valence-electron chi connectivity index (χ3n) is 2.97. The lowest BCUT2D eigenvalue weighted by Gasteiger charge is -2.17. The molecule has 4 nitrogen and oxygen atoms in total. The summed E-state index contributed by atoms with van der Waals surface area (Å²) >= 11 is 0. The summed E-state index contributed by atoms with van der Waals surface area (Å²) in [7, 11) is 0. The Bertz CT molecular complexity index is 643. The van der Waals surface area contributed by atoms with Gasteiger partial charge in [-0.2, -0.15) is 0 Å². The summed E-state index contributed by atoms with van der Waals surface area (Å²) < 4.78 is 13.1. The third-order valence-corrected chi connectivity index (χ3v) is 2.97. The molecule has 108 valence electrons. The molecule has 0 spiro atoms. The van der Waals surface area contributed by atoms with E-state index in [4.69, 9.17) is 5.11 Å². The highest BCUT2D eigenvalue weighted by Crippen LogP contribution is 2.17. The van der Waals surface area contributed by atoms with Crippen LogP contribution < -0.4 is 5.32 Å². The minimum atomic E-state index is -1.02. The van der Waals surface area contributed by atoms with Crippen LogP contribution in [0.5, 0.6) is 0 Å². The Morgan fingerprint density at radius 3 is 2.43 bits per heavy atom. The van der Waals surface area contributed by atoms with E-state index in [9.17, 15) is 14.0 Å². The average molecular weight is 287 g/mol. The molecule has 1 atom stereocenters. The van der Waals surface area contributed by atoms with Gasteiger partial charge < -0.3 is 10.4 Å². The summed E-state index contributed by atoms with van der Waals surface area (Å²) in [5.74, 6) is -2.05. The van der Waals surface area contributed by atoms with E-state index in [-0.39, 0.29) is 12.0 Å². The lowest BCUT2D eigenvalue weighted by Crippen LogP contribution is -2.30. The van der Waals surface area contributed by atoms with Crippen LogP contribution >= 0.6 is 0 Å². The lowest BCUT2D eigenvalue weighted by molar-refractivity contribution is -0.137. The van der Waals surface area contributed by atoms with E-state index in [1.54, 1.807) is 30.3 Å². The van der Waals surface area contributed by atoms with Crippen LogP contribution in [0.4, 0.5) is 4.39 Å². The predicted molar refractivity (Wildman–Crippen MR) is 75.3 cm³/mol. The average Bonchev–Trinajstić information content (AvgIpc) is 2.47. The number of aliphatic carboxylic acids is 1. The minimum Gasteiger partial charge on any atom is -0.481 e. The fourth-order valence-corrected chi connectivity index (χ4v) is 1.98. The number of carbonyl (C=O) groups excluding carboxylic acids is 1. The van der Waals surface area contributed by atoms with Crippen molar-refractivity contribution in [3.8, 4) is 0 Å². The minimum absolute atomic E-state index is 0.154. The molecule has 21 heavy (non-hydrogen) atoms. The SMILES string of the molecule is O=C(O)C[C@@H](NC(=O)c1cccc(F)c1)c1ccccc1. The summed E-state index contributed by atoms with van der Waals surface area (Å²) in [6.45, 7) is 0. The number of hydrogen-bond donors (Lipinski definition) is 2. The van der Waals surface area contributed by atoms with Gasteiger partial charge >= 0.3 is 5.97 Å². The normalized spacial score (nSPS) is 11.7. The second kappa shape index (κ2) is 6.65. The molecule has 2 N–H and O–H groups in total. The number of carbonyl (C=O) groups is 2. The molecular weight excluding hydrogens is 273 g/mol. The van der Waals surface area contributed by atoms with Gasteiger partial charge in [-0.25, -0.2) is 4.39 Å². The van der Waals surface area contributed by atoms with E-state index in [0.29, 0.717) is 5.56 Å². The van der Waals surface area contributed by atoms with Crippen molar-refractivity contribution in [1.82, 2.24) is 5.32 Å². The number of halogens is 1. The van der Waals surface area contributed by atoms with Crippen LogP contribution in [0, 0.1) is 5.82 Å². The molecule has 5 heteroatoms. The molecule has 0 aliphatic carbocycles. The van der Waals surface area contributed by atoms with Gasteiger partial charge in [-0.15, -0.1) is 0 Å². The van der Waals surface area contributed by atoms with E-state index in [1.807, 2.05) is 0 Å². The zero-order chi connectivity index (χ0) is 15.2. The van der Waals surface area contributed by atoms with E-state index in [0.717, 1.165) is 6.07 Å². The molecule has 2 aromatic carbocycles. The maximum absolute atomic E-state index is 13.1. The highest BCUT2D eigenvalue weighted by Gasteiger charge is 2.18. The Kier molecular flexibility index (Phi) is 4.66. The maximum atomic E-state index is 13.1. The Morgan fingerprint density at radius 2 is 1.81 bits per heavy atom. The first kappa shape index (κ1) is 14.7. The fourth-order valence-electron chi connectivity index (χ4n) is 1.98. The van der Waals surface area contributed by atoms with Gasteiger partial charge in [0.15, 0.2) is 0 Å². The van der Waals surface area contributed by atoms with Gasteiger partial charge in [0.05, 0.1) is 12.5 Å². The summed E-state index contributed by atoms with van der Waals surface area (Å²) in [5, 5.41) is 11.6. The molecule has 0 aromatic heterocycles. The van der Waals surface area contributed by atoms with Crippen LogP contribution in [0.25, 0.3) is 0 Å². The summed E-state index contributed by atoms with van der Waals surface area (Å²) in [6, 6.07) is 13.4. The zero-order valence-electron chi connectivity index (χ0n) is 11.1. The third kappa shape index (κ3) is 4.14. The highest BCUT2D eigenvalue weighted by atomic mass is 19.1. The Balaban J connectivity index is 2.19. The van der Waals surface area contributed by atoms with Crippen LogP contribution in [0.3, 0.4) is 0 Å². The molecular formula is C16H14FNO3. The number of benzene rings is 2. The Morgan fingerprint density at radius 1 is 1.10 bits per heavy atom. The molecule has 0 bridgehead atoms. The van der Waals surface area contributed by atoms with Crippen LogP contribution in [0.15, 0.2) is 54.6 Å². The van der Waals surface area contributed by atoms with Crippen LogP contribution in [0.2, 0.25) is 0 Å². The highest BCUT2D eigenvalue weighted by molar-refractivity contribution is 5.94. The summed E-state index contributed by atoms with van der Waals surface area (Å²) in [6.07, 6.45) is -0.245. The molecule has 0 aliphatic heterocycles. The Labute approximate surface area is 121 Å². The van der Waals surface area contributed by atoms with Crippen LogP contribution in [0.1, 0.15) is 28.4 Å². The van der Waals surface area contributed by atoms with E-state index in [2.05, 4.69) is 5.32 Å². The molecule has 0 heterocycles. The van der Waals surface area contributed by atoms with Crippen molar-refractivity contribution in [2.75, 3.05) is 0 Å². The number of hydrogen-bond acceptors (Lipinski definition) is 2. The number of carboxylic acids is 1. The van der Waals surface area contributed by atoms with Crippen molar-refractivity contribution in [2.45, 2.75) is 12.5 Å². The molecule has 0 saturated carbocycles. The zero-order valence-corrected chi connectivity index (χ0v) is 11.1. The van der Waals surface area contributed by atoms with Gasteiger partial charge in [-0.1, -0.05) is 36.4 Å². The van der Waals surface area contributed by atoms with Gasteiger partial charge in [0.1, 0.15) is 5.82 Å². The topological polar surface area (TPSA) is 66.4 Å². The summed E-state index contributed by atoms with van der Waals surface area (Å²) in [5.41, 5.74) is 0.839. The first-order valence-electron chi connectivity index (χ1n) is 6.39. The smallest absolute Gasteiger partial charge is 0.305 e. The standard InChI is InChI=1S/C16H14FNO3/c17-13-8-4-7-12(9-13)16(21)18-14(10-15(19)20)11-5-2-1-3-6-11/h1-9,14H,10H2,(H,18,21)(H,19,20)/t14-/m1/s1. The number of carboxylic acid groups (broad SMARTS) is 1. The first-order valence-corrected chi connectivity index (χ1v) is 6.39. The molecule has 0 fully saturated rings. The van der Waals surface area contributed by atoms with E-state index >= 15 is 0 Å². The van der Waals surface area contributed by atoms with Crippen molar-refractivity contribution in [3.05, 3.63) is 71.5 Å². The van der Waals surface area contributed by atoms with Gasteiger partial charge in [0.2, 0.25) is 0 Å². The molecule has 0 saturated heterocycles. The monoisotopic (exact) mass is 287 g/mol. The quantitative estimate of drug-likeness (QED) is 0.888. The van der Waals surface area contributed by atoms with Crippen molar-refractivity contribution in [3.63, 3.8) is 0 Å². The van der Waals surface area contributed by atoms with Crippen molar-refractivity contribution < 1.29 is 19.1 Å². The van der Waals surface area contributed by atoms with Gasteiger partial charge in [0.25, 0.3) is 5.91 Å². The van der Waals surface area contributed by atoms with E-state index in [1.165, 1.54) is 18.2 Å². The lowest BCUT2D eigenvalue weighted by atomic mass is 10.0. The first-order chi connectivity index (χ1) is 10.1. The second-order valence-corrected chi connectivity index (χ2v) is 4.54. The fraction of sp³-hybridized carbons (Fsp3) is 0.125. The largest absolute Gasteiger partial charge is 0.481 e.